The molecule has 0 radical (unpaired) electrons. The van der Waals surface area contributed by atoms with Crippen molar-refractivity contribution < 1.29 is 23.9 Å². The van der Waals surface area contributed by atoms with Crippen molar-refractivity contribution in [3.63, 3.8) is 0 Å². The molecule has 140 valence electrons. The molecule has 0 aromatic heterocycles. The Labute approximate surface area is 151 Å². The number of hydrogen-bond acceptors (Lipinski definition) is 6. The van der Waals surface area contributed by atoms with Gasteiger partial charge >= 0.3 is 12.0 Å². The predicted octanol–water partition coefficient (Wildman–Crippen LogP) is 0.856. The minimum absolute atomic E-state index is 0.0663. The van der Waals surface area contributed by atoms with Gasteiger partial charge < -0.3 is 15.0 Å². The van der Waals surface area contributed by atoms with Crippen LogP contribution >= 0.6 is 11.8 Å². The first-order valence-electron chi connectivity index (χ1n) is 8.43. The van der Waals surface area contributed by atoms with Crippen LogP contribution in [0.1, 0.15) is 40.0 Å². The number of carbonyl (C=O) groups excluding carboxylic acids is 4. The maximum Gasteiger partial charge on any atom is 0.330 e. The van der Waals surface area contributed by atoms with E-state index in [0.717, 1.165) is 6.42 Å². The molecule has 0 aliphatic carbocycles. The number of nitrogens with zero attached hydrogens (tertiary/aromatic N) is 1. The first-order chi connectivity index (χ1) is 11.7. The number of ether oxygens (including phenoxy) is 1. The molecule has 0 bridgehead atoms. The van der Waals surface area contributed by atoms with Crippen LogP contribution in [0.15, 0.2) is 0 Å². The summed E-state index contributed by atoms with van der Waals surface area (Å²) in [6, 6.07) is -1.28. The van der Waals surface area contributed by atoms with Crippen LogP contribution in [0, 0.1) is 5.92 Å². The third kappa shape index (κ3) is 4.87. The van der Waals surface area contributed by atoms with Gasteiger partial charge in [0, 0.05) is 18.7 Å². The van der Waals surface area contributed by atoms with Crippen LogP contribution in [0.4, 0.5) is 4.79 Å². The van der Waals surface area contributed by atoms with Gasteiger partial charge in [-0.1, -0.05) is 13.8 Å². The highest BCUT2D eigenvalue weighted by Gasteiger charge is 2.53. The van der Waals surface area contributed by atoms with Crippen LogP contribution in [0.5, 0.6) is 0 Å². The highest BCUT2D eigenvalue weighted by Crippen LogP contribution is 2.47. The van der Waals surface area contributed by atoms with Gasteiger partial charge in [-0.3, -0.25) is 14.9 Å². The number of imide groups is 1. The Balaban J connectivity index is 1.74. The Kier molecular flexibility index (Phi) is 6.31. The first kappa shape index (κ1) is 19.6. The summed E-state index contributed by atoms with van der Waals surface area (Å²) < 4.78 is 4.99. The van der Waals surface area contributed by atoms with Crippen LogP contribution in [0.3, 0.4) is 0 Å². The van der Waals surface area contributed by atoms with E-state index < -0.39 is 30.6 Å². The summed E-state index contributed by atoms with van der Waals surface area (Å²) in [7, 11) is 0. The molecule has 2 aliphatic rings. The SMILES string of the molecule is CC(C)CCNC(=O)NC(=O)COC(=O)[C@@H]1CS[C@]2(C)CCC(=O)N12. The molecule has 0 unspecified atom stereocenters. The van der Waals surface area contributed by atoms with Crippen LogP contribution in [-0.2, 0) is 19.1 Å². The number of amides is 4. The summed E-state index contributed by atoms with van der Waals surface area (Å²) in [5, 5.41) is 4.67. The normalized spacial score (nSPS) is 25.0. The average Bonchev–Trinajstić information content (AvgIpc) is 3.01. The number of esters is 1. The number of nitrogens with one attached hydrogen (secondary N) is 2. The van der Waals surface area contributed by atoms with Crippen LogP contribution in [0.25, 0.3) is 0 Å². The molecular formula is C16H25N3O5S. The van der Waals surface area contributed by atoms with Crippen molar-refractivity contribution in [1.29, 1.82) is 0 Å². The van der Waals surface area contributed by atoms with Gasteiger partial charge in [-0.15, -0.1) is 11.8 Å². The average molecular weight is 371 g/mol. The third-order valence-electron chi connectivity index (χ3n) is 4.32. The Morgan fingerprint density at radius 1 is 1.40 bits per heavy atom. The number of carbonyl (C=O) groups is 4. The lowest BCUT2D eigenvalue weighted by Gasteiger charge is -2.29. The number of rotatable bonds is 6. The molecule has 2 atom stereocenters. The van der Waals surface area contributed by atoms with Crippen molar-refractivity contribution in [2.75, 3.05) is 18.9 Å². The molecule has 0 aromatic carbocycles. The van der Waals surface area contributed by atoms with E-state index >= 15 is 0 Å². The molecule has 2 fully saturated rings. The van der Waals surface area contributed by atoms with Gasteiger partial charge in [0.05, 0.1) is 4.87 Å². The highest BCUT2D eigenvalue weighted by atomic mass is 32.2. The molecule has 9 heteroatoms. The van der Waals surface area contributed by atoms with Crippen molar-refractivity contribution in [2.45, 2.75) is 50.9 Å². The molecule has 8 nitrogen and oxygen atoms in total. The monoisotopic (exact) mass is 371 g/mol. The fourth-order valence-corrected chi connectivity index (χ4v) is 4.33. The number of fused-ring (bicyclic) bond motifs is 1. The first-order valence-corrected chi connectivity index (χ1v) is 9.42. The van der Waals surface area contributed by atoms with Crippen molar-refractivity contribution in [3.05, 3.63) is 0 Å². The Morgan fingerprint density at radius 3 is 2.80 bits per heavy atom. The van der Waals surface area contributed by atoms with E-state index in [1.807, 2.05) is 20.8 Å². The Hall–Kier alpha value is -1.77. The van der Waals surface area contributed by atoms with Crippen LogP contribution in [0.2, 0.25) is 0 Å². The third-order valence-corrected chi connectivity index (χ3v) is 5.83. The lowest BCUT2D eigenvalue weighted by Crippen LogP contribution is -2.47. The number of thioether (sulfide) groups is 1. The molecule has 0 saturated carbocycles. The van der Waals surface area contributed by atoms with Crippen molar-refractivity contribution in [2.24, 2.45) is 5.92 Å². The van der Waals surface area contributed by atoms with Gasteiger partial charge in [0.1, 0.15) is 6.04 Å². The number of urea groups is 1. The molecule has 2 N–H and O–H groups in total. The summed E-state index contributed by atoms with van der Waals surface area (Å²) in [5.74, 6) is -0.472. The van der Waals surface area contributed by atoms with Gasteiger partial charge in [0.2, 0.25) is 5.91 Å². The minimum atomic E-state index is -0.698. The zero-order chi connectivity index (χ0) is 18.6. The van der Waals surface area contributed by atoms with E-state index in [1.54, 1.807) is 16.7 Å². The summed E-state index contributed by atoms with van der Waals surface area (Å²) in [4.78, 5) is 48.6. The molecule has 25 heavy (non-hydrogen) atoms. The van der Waals surface area contributed by atoms with E-state index in [0.29, 0.717) is 31.1 Å². The van der Waals surface area contributed by atoms with Crippen LogP contribution < -0.4 is 10.6 Å². The van der Waals surface area contributed by atoms with Gasteiger partial charge in [0.25, 0.3) is 5.91 Å². The molecular weight excluding hydrogens is 346 g/mol. The fraction of sp³-hybridized carbons (Fsp3) is 0.750. The lowest BCUT2D eigenvalue weighted by atomic mass is 10.1. The van der Waals surface area contributed by atoms with Crippen molar-refractivity contribution in [3.8, 4) is 0 Å². The fourth-order valence-electron chi connectivity index (χ4n) is 2.91. The second-order valence-electron chi connectivity index (χ2n) is 6.86. The van der Waals surface area contributed by atoms with Crippen LogP contribution in [-0.4, -0.2) is 58.5 Å². The summed E-state index contributed by atoms with van der Waals surface area (Å²) >= 11 is 1.55. The quantitative estimate of drug-likeness (QED) is 0.671. The number of hydrogen-bond donors (Lipinski definition) is 2. The minimum Gasteiger partial charge on any atom is -0.454 e. The molecule has 2 heterocycles. The molecule has 0 aromatic rings. The van der Waals surface area contributed by atoms with Gasteiger partial charge in [-0.25, -0.2) is 9.59 Å². The lowest BCUT2D eigenvalue weighted by molar-refractivity contribution is -0.156. The standard InChI is InChI=1S/C16H25N3O5S/c1-10(2)5-7-17-15(23)18-12(20)8-24-14(22)11-9-25-16(3)6-4-13(21)19(11)16/h10-11H,4-9H2,1-3H3,(H2,17,18,20,23)/t11-,16+/m0/s1. The molecule has 2 rings (SSSR count). The van der Waals surface area contributed by atoms with Gasteiger partial charge in [-0.05, 0) is 25.7 Å². The molecule has 0 spiro atoms. The largest absolute Gasteiger partial charge is 0.454 e. The highest BCUT2D eigenvalue weighted by molar-refractivity contribution is 8.01. The maximum atomic E-state index is 12.2. The second-order valence-corrected chi connectivity index (χ2v) is 8.36. The summed E-state index contributed by atoms with van der Waals surface area (Å²) in [5.41, 5.74) is 0. The molecule has 2 saturated heterocycles. The second kappa shape index (κ2) is 8.07. The zero-order valence-corrected chi connectivity index (χ0v) is 15.6. The van der Waals surface area contributed by atoms with E-state index in [2.05, 4.69) is 10.6 Å². The Bertz CT molecular complexity index is 568. The summed E-state index contributed by atoms with van der Waals surface area (Å²) in [6.45, 7) is 5.91. The van der Waals surface area contributed by atoms with E-state index in [9.17, 15) is 19.2 Å². The van der Waals surface area contributed by atoms with E-state index in [1.165, 1.54) is 0 Å². The van der Waals surface area contributed by atoms with E-state index in [4.69, 9.17) is 4.74 Å². The van der Waals surface area contributed by atoms with Crippen molar-refractivity contribution in [1.82, 2.24) is 15.5 Å². The zero-order valence-electron chi connectivity index (χ0n) is 14.8. The predicted molar refractivity (Wildman–Crippen MR) is 92.7 cm³/mol. The van der Waals surface area contributed by atoms with Gasteiger partial charge in [0.15, 0.2) is 6.61 Å². The topological polar surface area (TPSA) is 105 Å². The molecule has 2 aliphatic heterocycles. The van der Waals surface area contributed by atoms with E-state index in [-0.39, 0.29) is 10.8 Å². The maximum absolute atomic E-state index is 12.2. The van der Waals surface area contributed by atoms with Gasteiger partial charge in [-0.2, -0.15) is 0 Å². The van der Waals surface area contributed by atoms with Crippen molar-refractivity contribution >= 4 is 35.6 Å². The molecule has 4 amide bonds. The smallest absolute Gasteiger partial charge is 0.330 e. The Morgan fingerprint density at radius 2 is 2.12 bits per heavy atom. The summed E-state index contributed by atoms with van der Waals surface area (Å²) in [6.07, 6.45) is 1.93.